The summed E-state index contributed by atoms with van der Waals surface area (Å²) in [4.78, 5) is 11.1. The Kier molecular flexibility index (Phi) is 3.81. The second kappa shape index (κ2) is 5.11. The van der Waals surface area contributed by atoms with Gasteiger partial charge in [0.25, 0.3) is 0 Å². The summed E-state index contributed by atoms with van der Waals surface area (Å²) in [7, 11) is 0. The Bertz CT molecular complexity index is 407. The molecule has 76 valence electrons. The van der Waals surface area contributed by atoms with Gasteiger partial charge in [-0.25, -0.2) is 0 Å². The highest BCUT2D eigenvalue weighted by Crippen LogP contribution is 2.16. The van der Waals surface area contributed by atoms with Crippen LogP contribution in [0.4, 0.5) is 0 Å². The van der Waals surface area contributed by atoms with Crippen LogP contribution in [-0.2, 0) is 0 Å². The SMILES string of the molecule is C=C/C=C(\C=C)c1ccc(C(C)=O)cc1. The van der Waals surface area contributed by atoms with Crippen LogP contribution in [-0.4, -0.2) is 5.78 Å². The van der Waals surface area contributed by atoms with Gasteiger partial charge in [-0.3, -0.25) is 4.79 Å². The number of allylic oxidation sites excluding steroid dienone is 4. The zero-order valence-electron chi connectivity index (χ0n) is 8.86. The van der Waals surface area contributed by atoms with Crippen molar-refractivity contribution in [3.8, 4) is 0 Å². The molecule has 0 saturated carbocycles. The number of ketones is 1. The van der Waals surface area contributed by atoms with Gasteiger partial charge in [0.1, 0.15) is 0 Å². The van der Waals surface area contributed by atoms with Gasteiger partial charge in [0.2, 0.25) is 0 Å². The molecule has 0 radical (unpaired) electrons. The van der Waals surface area contributed by atoms with Crippen molar-refractivity contribution in [2.45, 2.75) is 6.92 Å². The lowest BCUT2D eigenvalue weighted by atomic mass is 10.0. The second-order valence-electron chi connectivity index (χ2n) is 3.20. The van der Waals surface area contributed by atoms with Crippen LogP contribution < -0.4 is 0 Å². The van der Waals surface area contributed by atoms with E-state index in [2.05, 4.69) is 13.2 Å². The van der Waals surface area contributed by atoms with Crippen molar-refractivity contribution in [1.29, 1.82) is 0 Å². The Hall–Kier alpha value is -1.89. The van der Waals surface area contributed by atoms with Crippen molar-refractivity contribution >= 4 is 11.4 Å². The van der Waals surface area contributed by atoms with Gasteiger partial charge in [-0.1, -0.05) is 55.7 Å². The molecule has 0 aromatic heterocycles. The molecule has 15 heavy (non-hydrogen) atoms. The summed E-state index contributed by atoms with van der Waals surface area (Å²) in [5, 5.41) is 0. The molecule has 1 aromatic carbocycles. The quantitative estimate of drug-likeness (QED) is 0.533. The monoisotopic (exact) mass is 198 g/mol. The average Bonchev–Trinajstić information content (AvgIpc) is 2.26. The first-order valence-electron chi connectivity index (χ1n) is 4.75. The van der Waals surface area contributed by atoms with Crippen LogP contribution in [0.1, 0.15) is 22.8 Å². The standard InChI is InChI=1S/C14H14O/c1-4-6-12(5-2)14-9-7-13(8-10-14)11(3)15/h4-10H,1-2H2,3H3/b12-6+. The lowest BCUT2D eigenvalue weighted by Gasteiger charge is -2.02. The Balaban J connectivity index is 3.07. The van der Waals surface area contributed by atoms with E-state index in [4.69, 9.17) is 0 Å². The van der Waals surface area contributed by atoms with E-state index in [1.165, 1.54) is 0 Å². The summed E-state index contributed by atoms with van der Waals surface area (Å²) < 4.78 is 0. The van der Waals surface area contributed by atoms with Gasteiger partial charge in [-0.2, -0.15) is 0 Å². The maximum absolute atomic E-state index is 11.1. The molecule has 1 rings (SSSR count). The number of hydrogen-bond donors (Lipinski definition) is 0. The van der Waals surface area contributed by atoms with Crippen LogP contribution in [0, 0.1) is 0 Å². The Morgan fingerprint density at radius 1 is 1.13 bits per heavy atom. The van der Waals surface area contributed by atoms with E-state index >= 15 is 0 Å². The van der Waals surface area contributed by atoms with Crippen LogP contribution in [0.25, 0.3) is 5.57 Å². The van der Waals surface area contributed by atoms with Gasteiger partial charge in [-0.05, 0) is 18.1 Å². The van der Waals surface area contributed by atoms with Crippen LogP contribution in [0.15, 0.2) is 55.7 Å². The number of hydrogen-bond acceptors (Lipinski definition) is 1. The Labute approximate surface area is 90.4 Å². The zero-order chi connectivity index (χ0) is 11.3. The first-order valence-corrected chi connectivity index (χ1v) is 4.75. The molecule has 0 atom stereocenters. The summed E-state index contributed by atoms with van der Waals surface area (Å²) in [6.07, 6.45) is 5.37. The molecule has 0 N–H and O–H groups in total. The third-order valence-electron chi connectivity index (χ3n) is 2.14. The molecule has 0 fully saturated rings. The maximum Gasteiger partial charge on any atom is 0.159 e. The minimum atomic E-state index is 0.0782. The third kappa shape index (κ3) is 2.78. The van der Waals surface area contributed by atoms with E-state index in [1.807, 2.05) is 30.3 Å². The van der Waals surface area contributed by atoms with Gasteiger partial charge >= 0.3 is 0 Å². The molecule has 0 saturated heterocycles. The number of carbonyl (C=O) groups excluding carboxylic acids is 1. The second-order valence-corrected chi connectivity index (χ2v) is 3.20. The number of carbonyl (C=O) groups is 1. The van der Waals surface area contributed by atoms with Crippen molar-refractivity contribution in [2.75, 3.05) is 0 Å². The molecule has 0 aliphatic rings. The van der Waals surface area contributed by atoms with Crippen LogP contribution in [0.2, 0.25) is 0 Å². The largest absolute Gasteiger partial charge is 0.295 e. The predicted molar refractivity (Wildman–Crippen MR) is 64.8 cm³/mol. The summed E-state index contributed by atoms with van der Waals surface area (Å²) >= 11 is 0. The predicted octanol–water partition coefficient (Wildman–Crippen LogP) is 3.64. The summed E-state index contributed by atoms with van der Waals surface area (Å²) in [5.41, 5.74) is 2.76. The molecule has 0 amide bonds. The van der Waals surface area contributed by atoms with Gasteiger partial charge in [-0.15, -0.1) is 0 Å². The lowest BCUT2D eigenvalue weighted by Crippen LogP contribution is -1.91. The van der Waals surface area contributed by atoms with E-state index in [-0.39, 0.29) is 5.78 Å². The van der Waals surface area contributed by atoms with Crippen molar-refractivity contribution in [2.24, 2.45) is 0 Å². The molecule has 1 nitrogen and oxygen atoms in total. The van der Waals surface area contributed by atoms with E-state index in [9.17, 15) is 4.79 Å². The van der Waals surface area contributed by atoms with E-state index in [1.54, 1.807) is 19.1 Å². The summed E-state index contributed by atoms with van der Waals surface area (Å²) in [6, 6.07) is 7.46. The third-order valence-corrected chi connectivity index (χ3v) is 2.14. The highest BCUT2D eigenvalue weighted by Gasteiger charge is 2.00. The molecular weight excluding hydrogens is 184 g/mol. The number of benzene rings is 1. The molecule has 0 aliphatic carbocycles. The van der Waals surface area contributed by atoms with E-state index in [0.29, 0.717) is 0 Å². The van der Waals surface area contributed by atoms with Crippen LogP contribution in [0.5, 0.6) is 0 Å². The normalized spacial score (nSPS) is 10.9. The maximum atomic E-state index is 11.1. The van der Waals surface area contributed by atoms with Crippen LogP contribution in [0.3, 0.4) is 0 Å². The van der Waals surface area contributed by atoms with E-state index in [0.717, 1.165) is 16.7 Å². The van der Waals surface area contributed by atoms with Crippen molar-refractivity contribution in [1.82, 2.24) is 0 Å². The summed E-state index contributed by atoms with van der Waals surface area (Å²) in [5.74, 6) is 0.0782. The highest BCUT2D eigenvalue weighted by atomic mass is 16.1. The van der Waals surface area contributed by atoms with Crippen molar-refractivity contribution < 1.29 is 4.79 Å². The minimum absolute atomic E-state index is 0.0782. The summed E-state index contributed by atoms with van der Waals surface area (Å²) in [6.45, 7) is 8.93. The minimum Gasteiger partial charge on any atom is -0.295 e. The molecule has 0 unspecified atom stereocenters. The van der Waals surface area contributed by atoms with Gasteiger partial charge in [0, 0.05) is 5.56 Å². The fourth-order valence-corrected chi connectivity index (χ4v) is 1.31. The van der Waals surface area contributed by atoms with Crippen molar-refractivity contribution in [3.05, 3.63) is 66.8 Å². The molecule has 0 spiro atoms. The molecule has 0 aliphatic heterocycles. The number of Topliss-reactive ketones (excluding diaryl/α,β-unsaturated/α-hetero) is 1. The Morgan fingerprint density at radius 2 is 1.67 bits per heavy atom. The zero-order valence-corrected chi connectivity index (χ0v) is 8.86. The molecular formula is C14H14O. The topological polar surface area (TPSA) is 17.1 Å². The van der Waals surface area contributed by atoms with E-state index < -0.39 is 0 Å². The lowest BCUT2D eigenvalue weighted by molar-refractivity contribution is 0.101. The first kappa shape index (κ1) is 11.2. The Morgan fingerprint density at radius 3 is 2.07 bits per heavy atom. The number of rotatable bonds is 4. The average molecular weight is 198 g/mol. The molecule has 0 heterocycles. The van der Waals surface area contributed by atoms with Gasteiger partial charge < -0.3 is 0 Å². The molecule has 1 aromatic rings. The highest BCUT2D eigenvalue weighted by molar-refractivity contribution is 5.94. The smallest absolute Gasteiger partial charge is 0.159 e. The van der Waals surface area contributed by atoms with Crippen LogP contribution >= 0.6 is 0 Å². The first-order chi connectivity index (χ1) is 7.19. The van der Waals surface area contributed by atoms with Gasteiger partial charge in [0.15, 0.2) is 5.78 Å². The fraction of sp³-hybridized carbons (Fsp3) is 0.0714. The van der Waals surface area contributed by atoms with Gasteiger partial charge in [0.05, 0.1) is 0 Å². The fourth-order valence-electron chi connectivity index (χ4n) is 1.31. The molecule has 0 bridgehead atoms. The van der Waals surface area contributed by atoms with Crippen molar-refractivity contribution in [3.63, 3.8) is 0 Å². The molecule has 1 heteroatoms.